The van der Waals surface area contributed by atoms with Gasteiger partial charge in [0.05, 0.1) is 6.10 Å². The van der Waals surface area contributed by atoms with Gasteiger partial charge >= 0.3 is 0 Å². The number of hydrogen-bond donors (Lipinski definition) is 2. The molecular weight excluding hydrogens is 188 g/mol. The number of carbonyl (C=O) groups is 3. The fourth-order valence-electron chi connectivity index (χ4n) is 1.24. The predicted octanol–water partition coefficient (Wildman–Crippen LogP) is -1.76. The monoisotopic (exact) mass is 200 g/mol. The molecule has 1 saturated heterocycles. The fraction of sp³-hybridized carbons (Fsp3) is 0.625. The van der Waals surface area contributed by atoms with Gasteiger partial charge in [0, 0.05) is 6.54 Å². The molecule has 0 bridgehead atoms. The van der Waals surface area contributed by atoms with Crippen LogP contribution in [0.15, 0.2) is 0 Å². The number of nitrogens with one attached hydrogen (secondary N) is 1. The number of nitrogens with zero attached hydrogens (tertiary/aromatic N) is 1. The number of β-amino-alcohol motifs (C(OH)–C–C–N with tert-alkyl or cyclic N) is 1. The largest absolute Gasteiger partial charge is 0.392 e. The Kier molecular flexibility index (Phi) is 3.19. The lowest BCUT2D eigenvalue weighted by atomic mass is 10.3. The molecule has 1 fully saturated rings. The smallest absolute Gasteiger partial charge is 0.246 e. The van der Waals surface area contributed by atoms with E-state index in [4.69, 9.17) is 5.11 Å². The topological polar surface area (TPSA) is 86.7 Å². The standard InChI is InChI=1S/C8H12N2O4/c1-5(11)3-10-4-7(13)9-6(12)2-8(10)14/h5,11H,2-4H2,1H3,(H,9,12,13). The van der Waals surface area contributed by atoms with Gasteiger partial charge in [-0.15, -0.1) is 0 Å². The van der Waals surface area contributed by atoms with Gasteiger partial charge in [-0.2, -0.15) is 0 Å². The first-order chi connectivity index (χ1) is 6.49. The van der Waals surface area contributed by atoms with Gasteiger partial charge in [0.15, 0.2) is 0 Å². The van der Waals surface area contributed by atoms with E-state index in [9.17, 15) is 14.4 Å². The minimum absolute atomic E-state index is 0.0690. The Bertz CT molecular complexity index is 275. The zero-order valence-corrected chi connectivity index (χ0v) is 7.82. The van der Waals surface area contributed by atoms with Crippen molar-refractivity contribution in [3.63, 3.8) is 0 Å². The summed E-state index contributed by atoms with van der Waals surface area (Å²) in [6.07, 6.45) is -1.04. The normalized spacial score (nSPS) is 20.4. The van der Waals surface area contributed by atoms with Crippen LogP contribution in [-0.2, 0) is 14.4 Å². The molecule has 0 aliphatic carbocycles. The Morgan fingerprint density at radius 3 is 2.64 bits per heavy atom. The fourth-order valence-corrected chi connectivity index (χ4v) is 1.24. The van der Waals surface area contributed by atoms with Crippen LogP contribution in [0.1, 0.15) is 13.3 Å². The maximum Gasteiger partial charge on any atom is 0.246 e. The number of rotatable bonds is 2. The van der Waals surface area contributed by atoms with E-state index < -0.39 is 23.8 Å². The predicted molar refractivity (Wildman–Crippen MR) is 46.0 cm³/mol. The Balaban J connectivity index is 2.69. The second-order valence-electron chi connectivity index (χ2n) is 3.27. The number of imide groups is 1. The SMILES string of the molecule is CC(O)CN1CC(=O)NC(=O)CC1=O. The van der Waals surface area contributed by atoms with Crippen molar-refractivity contribution in [2.75, 3.05) is 13.1 Å². The van der Waals surface area contributed by atoms with Crippen LogP contribution in [-0.4, -0.2) is 46.9 Å². The van der Waals surface area contributed by atoms with E-state index in [2.05, 4.69) is 5.32 Å². The highest BCUT2D eigenvalue weighted by Crippen LogP contribution is 2.00. The van der Waals surface area contributed by atoms with Crippen LogP contribution in [0.2, 0.25) is 0 Å². The van der Waals surface area contributed by atoms with Crippen molar-refractivity contribution in [2.24, 2.45) is 0 Å². The zero-order chi connectivity index (χ0) is 10.7. The number of hydrogen-bond acceptors (Lipinski definition) is 4. The van der Waals surface area contributed by atoms with Gasteiger partial charge in [0.2, 0.25) is 17.7 Å². The molecule has 1 rings (SSSR count). The van der Waals surface area contributed by atoms with E-state index in [1.807, 2.05) is 0 Å². The van der Waals surface area contributed by atoms with Crippen LogP contribution in [0.4, 0.5) is 0 Å². The summed E-state index contributed by atoms with van der Waals surface area (Å²) < 4.78 is 0. The van der Waals surface area contributed by atoms with Crippen molar-refractivity contribution in [2.45, 2.75) is 19.4 Å². The number of carbonyl (C=O) groups excluding carboxylic acids is 3. The van der Waals surface area contributed by atoms with Gasteiger partial charge in [-0.1, -0.05) is 0 Å². The third-order valence-electron chi connectivity index (χ3n) is 1.76. The highest BCUT2D eigenvalue weighted by atomic mass is 16.3. The molecule has 1 heterocycles. The molecule has 3 amide bonds. The molecule has 0 spiro atoms. The Morgan fingerprint density at radius 2 is 2.07 bits per heavy atom. The summed E-state index contributed by atoms with van der Waals surface area (Å²) >= 11 is 0. The van der Waals surface area contributed by atoms with Crippen LogP contribution in [0.25, 0.3) is 0 Å². The maximum atomic E-state index is 11.3. The van der Waals surface area contributed by atoms with E-state index in [1.54, 1.807) is 0 Å². The van der Waals surface area contributed by atoms with Gasteiger partial charge in [-0.3, -0.25) is 19.7 Å². The lowest BCUT2D eigenvalue weighted by Crippen LogP contribution is -2.39. The highest BCUT2D eigenvalue weighted by molar-refractivity contribution is 6.07. The van der Waals surface area contributed by atoms with Gasteiger partial charge in [-0.05, 0) is 6.92 Å². The van der Waals surface area contributed by atoms with Gasteiger partial charge in [-0.25, -0.2) is 0 Å². The van der Waals surface area contributed by atoms with Crippen LogP contribution in [0.3, 0.4) is 0 Å². The molecule has 1 unspecified atom stereocenters. The Hall–Kier alpha value is -1.43. The van der Waals surface area contributed by atoms with Gasteiger partial charge in [0.25, 0.3) is 0 Å². The van der Waals surface area contributed by atoms with Crippen molar-refractivity contribution in [1.29, 1.82) is 0 Å². The molecule has 0 radical (unpaired) electrons. The summed E-state index contributed by atoms with van der Waals surface area (Å²) in [5.41, 5.74) is 0. The van der Waals surface area contributed by atoms with Crippen LogP contribution < -0.4 is 5.32 Å². The molecule has 0 aromatic heterocycles. The van der Waals surface area contributed by atoms with Crippen molar-refractivity contribution in [1.82, 2.24) is 10.2 Å². The van der Waals surface area contributed by atoms with Crippen LogP contribution in [0, 0.1) is 0 Å². The summed E-state index contributed by atoms with van der Waals surface area (Å²) in [7, 11) is 0. The molecule has 6 heteroatoms. The van der Waals surface area contributed by atoms with E-state index >= 15 is 0 Å². The molecule has 2 N–H and O–H groups in total. The highest BCUT2D eigenvalue weighted by Gasteiger charge is 2.26. The maximum absolute atomic E-state index is 11.3. The Morgan fingerprint density at radius 1 is 1.43 bits per heavy atom. The van der Waals surface area contributed by atoms with Crippen molar-refractivity contribution in [3.8, 4) is 0 Å². The molecule has 78 valence electrons. The Labute approximate surface area is 80.9 Å². The molecule has 0 aromatic rings. The molecule has 0 aromatic carbocycles. The molecule has 6 nitrogen and oxygen atoms in total. The van der Waals surface area contributed by atoms with E-state index in [-0.39, 0.29) is 19.5 Å². The summed E-state index contributed by atoms with van der Waals surface area (Å²) in [6, 6.07) is 0. The van der Waals surface area contributed by atoms with Gasteiger partial charge < -0.3 is 10.0 Å². The molecular formula is C8H12N2O4. The molecule has 1 aliphatic heterocycles. The molecule has 1 aliphatic rings. The number of aliphatic hydroxyl groups excluding tert-OH is 1. The van der Waals surface area contributed by atoms with Crippen molar-refractivity contribution >= 4 is 17.7 Å². The zero-order valence-electron chi connectivity index (χ0n) is 7.82. The third kappa shape index (κ3) is 2.81. The minimum atomic E-state index is -0.708. The average Bonchev–Trinajstić information content (AvgIpc) is 2.10. The molecule has 14 heavy (non-hydrogen) atoms. The second-order valence-corrected chi connectivity index (χ2v) is 3.27. The van der Waals surface area contributed by atoms with E-state index in [1.165, 1.54) is 11.8 Å². The molecule has 1 atom stereocenters. The second kappa shape index (κ2) is 4.19. The first-order valence-electron chi connectivity index (χ1n) is 4.27. The van der Waals surface area contributed by atoms with Crippen LogP contribution >= 0.6 is 0 Å². The summed E-state index contributed by atoms with van der Waals surface area (Å²) in [5.74, 6) is -1.54. The first kappa shape index (κ1) is 10.6. The van der Waals surface area contributed by atoms with E-state index in [0.717, 1.165) is 0 Å². The van der Waals surface area contributed by atoms with Crippen molar-refractivity contribution in [3.05, 3.63) is 0 Å². The lowest BCUT2D eigenvalue weighted by Gasteiger charge is -2.19. The summed E-state index contributed by atoms with van der Waals surface area (Å²) in [4.78, 5) is 34.4. The quantitative estimate of drug-likeness (QED) is 0.408. The van der Waals surface area contributed by atoms with Gasteiger partial charge in [0.1, 0.15) is 13.0 Å². The minimum Gasteiger partial charge on any atom is -0.392 e. The lowest BCUT2D eigenvalue weighted by molar-refractivity contribution is -0.135. The third-order valence-corrected chi connectivity index (χ3v) is 1.76. The van der Waals surface area contributed by atoms with Crippen LogP contribution in [0.5, 0.6) is 0 Å². The summed E-state index contributed by atoms with van der Waals surface area (Å²) in [5, 5.41) is 11.1. The van der Waals surface area contributed by atoms with Crippen molar-refractivity contribution < 1.29 is 19.5 Å². The molecule has 0 saturated carbocycles. The number of amides is 3. The van der Waals surface area contributed by atoms with E-state index in [0.29, 0.717) is 0 Å². The first-order valence-corrected chi connectivity index (χ1v) is 4.27. The number of aliphatic hydroxyl groups is 1. The average molecular weight is 200 g/mol. The summed E-state index contributed by atoms with van der Waals surface area (Å²) in [6.45, 7) is 1.41.